The number of imide groups is 1. The van der Waals surface area contributed by atoms with Crippen LogP contribution in [0.2, 0.25) is 0 Å². The molecule has 0 bridgehead atoms. The summed E-state index contributed by atoms with van der Waals surface area (Å²) in [6.45, 7) is 2.13. The third-order valence-corrected chi connectivity index (χ3v) is 7.37. The predicted octanol–water partition coefficient (Wildman–Crippen LogP) is 4.98. The molecule has 0 aromatic heterocycles. The van der Waals surface area contributed by atoms with Gasteiger partial charge in [0.2, 0.25) is 0 Å². The molecule has 3 aromatic rings. The molecule has 9 heteroatoms. The van der Waals surface area contributed by atoms with E-state index in [1.54, 1.807) is 36.4 Å². The number of carbonyl (C=O) groups excluding carboxylic acids is 3. The maximum atomic E-state index is 14.2. The van der Waals surface area contributed by atoms with Gasteiger partial charge in [0.05, 0.1) is 24.0 Å². The zero-order valence-corrected chi connectivity index (χ0v) is 21.0. The molecule has 194 valence electrons. The van der Waals surface area contributed by atoms with Gasteiger partial charge in [-0.25, -0.2) is 4.79 Å². The van der Waals surface area contributed by atoms with E-state index < -0.39 is 34.9 Å². The number of nitro benzene ring substituents is 1. The SMILES string of the molecule is CCCN1C(=O)C2C(c3ccccc3)C(C(=O)c3ccccc3)C(c3ccc(OC)c([N+](=O)[O-])c3)N2C1=O. The first kappa shape index (κ1) is 25.1. The molecule has 4 atom stereocenters. The third kappa shape index (κ3) is 4.00. The first-order chi connectivity index (χ1) is 18.4. The largest absolute Gasteiger partial charge is 0.490 e. The molecule has 3 aromatic carbocycles. The number of amides is 3. The quantitative estimate of drug-likeness (QED) is 0.182. The Balaban J connectivity index is 1.75. The molecule has 0 aliphatic carbocycles. The molecule has 9 nitrogen and oxygen atoms in total. The highest BCUT2D eigenvalue weighted by atomic mass is 16.6. The average molecular weight is 514 g/mol. The Hall–Kier alpha value is -4.53. The number of carbonyl (C=O) groups is 3. The molecule has 0 saturated carbocycles. The molecule has 4 unspecified atom stereocenters. The van der Waals surface area contributed by atoms with Crippen LogP contribution in [-0.4, -0.2) is 52.1 Å². The van der Waals surface area contributed by atoms with Gasteiger partial charge in [-0.3, -0.25) is 24.6 Å². The summed E-state index contributed by atoms with van der Waals surface area (Å²) in [5.41, 5.74) is 1.31. The number of hydrogen-bond acceptors (Lipinski definition) is 6. The van der Waals surface area contributed by atoms with Crippen LogP contribution in [0.15, 0.2) is 78.9 Å². The monoisotopic (exact) mass is 513 g/mol. The Labute approximate surface area is 219 Å². The van der Waals surface area contributed by atoms with Crippen molar-refractivity contribution in [3.05, 3.63) is 106 Å². The number of rotatable bonds is 8. The van der Waals surface area contributed by atoms with Gasteiger partial charge in [0.1, 0.15) is 6.04 Å². The van der Waals surface area contributed by atoms with Crippen molar-refractivity contribution < 1.29 is 24.0 Å². The van der Waals surface area contributed by atoms with E-state index in [2.05, 4.69) is 0 Å². The number of ketones is 1. The van der Waals surface area contributed by atoms with Gasteiger partial charge in [-0.15, -0.1) is 0 Å². The van der Waals surface area contributed by atoms with Crippen molar-refractivity contribution in [1.82, 2.24) is 9.80 Å². The van der Waals surface area contributed by atoms with Crippen LogP contribution >= 0.6 is 0 Å². The molecule has 2 fully saturated rings. The van der Waals surface area contributed by atoms with E-state index in [-0.39, 0.29) is 29.7 Å². The van der Waals surface area contributed by atoms with Gasteiger partial charge in [0.15, 0.2) is 11.5 Å². The minimum absolute atomic E-state index is 0.0651. The topological polar surface area (TPSA) is 110 Å². The standard InChI is InChI=1S/C29H27N3O6/c1-3-16-30-28(34)26-23(18-10-6-4-7-11-18)24(27(33)19-12-8-5-9-13-19)25(31(26)29(30)35)20-14-15-22(38-2)21(17-20)32(36)37/h4-15,17,23-26H,3,16H2,1-2H3. The minimum Gasteiger partial charge on any atom is -0.490 e. The lowest BCUT2D eigenvalue weighted by atomic mass is 9.75. The second kappa shape index (κ2) is 10.1. The molecular weight excluding hydrogens is 486 g/mol. The van der Waals surface area contributed by atoms with E-state index in [1.165, 1.54) is 29.0 Å². The number of nitro groups is 1. The molecule has 0 spiro atoms. The van der Waals surface area contributed by atoms with Crippen LogP contribution in [0.4, 0.5) is 10.5 Å². The van der Waals surface area contributed by atoms with Crippen molar-refractivity contribution in [3.8, 4) is 5.75 Å². The number of nitrogens with zero attached hydrogens (tertiary/aromatic N) is 3. The lowest BCUT2D eigenvalue weighted by Crippen LogP contribution is -2.38. The Bertz CT molecular complexity index is 1390. The lowest BCUT2D eigenvalue weighted by Gasteiger charge is -2.29. The first-order valence-corrected chi connectivity index (χ1v) is 12.5. The second-order valence-electron chi connectivity index (χ2n) is 9.45. The van der Waals surface area contributed by atoms with Gasteiger partial charge in [-0.1, -0.05) is 73.7 Å². The predicted molar refractivity (Wildman–Crippen MR) is 139 cm³/mol. The van der Waals surface area contributed by atoms with E-state index in [0.717, 1.165) is 5.56 Å². The number of fused-ring (bicyclic) bond motifs is 1. The molecule has 38 heavy (non-hydrogen) atoms. The summed E-state index contributed by atoms with van der Waals surface area (Å²) >= 11 is 0. The van der Waals surface area contributed by atoms with E-state index in [0.29, 0.717) is 17.5 Å². The van der Waals surface area contributed by atoms with Crippen molar-refractivity contribution in [2.75, 3.05) is 13.7 Å². The number of hydrogen-bond donors (Lipinski definition) is 0. The van der Waals surface area contributed by atoms with Crippen LogP contribution in [-0.2, 0) is 4.79 Å². The fourth-order valence-corrected chi connectivity index (χ4v) is 5.81. The molecule has 2 aliphatic rings. The van der Waals surface area contributed by atoms with Crippen molar-refractivity contribution in [2.45, 2.75) is 31.3 Å². The third-order valence-electron chi connectivity index (χ3n) is 7.37. The van der Waals surface area contributed by atoms with Gasteiger partial charge in [-0.05, 0) is 23.6 Å². The van der Waals surface area contributed by atoms with Gasteiger partial charge in [0.25, 0.3) is 5.91 Å². The molecule has 2 heterocycles. The summed E-state index contributed by atoms with van der Waals surface area (Å²) in [4.78, 5) is 55.7. The Morgan fingerprint density at radius 1 is 0.947 bits per heavy atom. The van der Waals surface area contributed by atoms with Gasteiger partial charge in [-0.2, -0.15) is 0 Å². The summed E-state index contributed by atoms with van der Waals surface area (Å²) < 4.78 is 5.18. The van der Waals surface area contributed by atoms with Crippen LogP contribution in [0.3, 0.4) is 0 Å². The number of Topliss-reactive ketones (excluding diaryl/α,β-unsaturated/α-hetero) is 1. The average Bonchev–Trinajstić information content (AvgIpc) is 3.42. The van der Waals surface area contributed by atoms with Crippen LogP contribution in [0.25, 0.3) is 0 Å². The fraction of sp³-hybridized carbons (Fsp3) is 0.276. The first-order valence-electron chi connectivity index (χ1n) is 12.5. The Morgan fingerprint density at radius 2 is 1.61 bits per heavy atom. The highest BCUT2D eigenvalue weighted by molar-refractivity contribution is 6.08. The summed E-state index contributed by atoms with van der Waals surface area (Å²) in [5, 5.41) is 11.9. The van der Waals surface area contributed by atoms with Gasteiger partial charge >= 0.3 is 11.7 Å². The molecule has 3 amide bonds. The number of methoxy groups -OCH3 is 1. The molecule has 2 aliphatic heterocycles. The van der Waals surface area contributed by atoms with Crippen LogP contribution in [0.5, 0.6) is 5.75 Å². The van der Waals surface area contributed by atoms with Crippen molar-refractivity contribution in [1.29, 1.82) is 0 Å². The summed E-state index contributed by atoms with van der Waals surface area (Å²) in [6, 6.07) is 20.1. The molecule has 2 saturated heterocycles. The lowest BCUT2D eigenvalue weighted by molar-refractivity contribution is -0.385. The number of urea groups is 1. The van der Waals surface area contributed by atoms with E-state index in [1.807, 2.05) is 37.3 Å². The van der Waals surface area contributed by atoms with Gasteiger partial charge < -0.3 is 9.64 Å². The van der Waals surface area contributed by atoms with E-state index in [4.69, 9.17) is 4.74 Å². The molecular formula is C29H27N3O6. The number of ether oxygens (including phenoxy) is 1. The summed E-state index contributed by atoms with van der Waals surface area (Å²) in [7, 11) is 1.34. The Morgan fingerprint density at radius 3 is 2.21 bits per heavy atom. The van der Waals surface area contributed by atoms with Crippen LogP contribution in [0.1, 0.15) is 46.8 Å². The zero-order chi connectivity index (χ0) is 27.0. The van der Waals surface area contributed by atoms with Crippen molar-refractivity contribution >= 4 is 23.4 Å². The van der Waals surface area contributed by atoms with Crippen molar-refractivity contribution in [3.63, 3.8) is 0 Å². The Kier molecular flexibility index (Phi) is 6.67. The molecule has 0 N–H and O–H groups in total. The van der Waals surface area contributed by atoms with Crippen LogP contribution in [0, 0.1) is 16.0 Å². The van der Waals surface area contributed by atoms with Crippen LogP contribution < -0.4 is 4.74 Å². The zero-order valence-electron chi connectivity index (χ0n) is 21.0. The second-order valence-corrected chi connectivity index (χ2v) is 9.45. The maximum absolute atomic E-state index is 14.2. The highest BCUT2D eigenvalue weighted by Gasteiger charge is 2.63. The van der Waals surface area contributed by atoms with E-state index >= 15 is 0 Å². The normalized spacial score (nSPS) is 22.5. The smallest absolute Gasteiger partial charge is 0.328 e. The van der Waals surface area contributed by atoms with E-state index in [9.17, 15) is 24.5 Å². The molecule has 5 rings (SSSR count). The highest BCUT2D eigenvalue weighted by Crippen LogP contribution is 2.54. The minimum atomic E-state index is -0.916. The fourth-order valence-electron chi connectivity index (χ4n) is 5.81. The molecule has 0 radical (unpaired) electrons. The number of benzene rings is 3. The summed E-state index contributed by atoms with van der Waals surface area (Å²) in [6.07, 6.45) is 0.582. The van der Waals surface area contributed by atoms with Gasteiger partial charge in [0, 0.05) is 24.1 Å². The maximum Gasteiger partial charge on any atom is 0.328 e. The summed E-state index contributed by atoms with van der Waals surface area (Å²) in [5.74, 6) is -2.03. The van der Waals surface area contributed by atoms with Crippen molar-refractivity contribution in [2.24, 2.45) is 5.92 Å².